The number of sulfonamides is 1. The summed E-state index contributed by atoms with van der Waals surface area (Å²) in [6.45, 7) is 1.13. The third-order valence-electron chi connectivity index (χ3n) is 3.59. The van der Waals surface area contributed by atoms with Crippen molar-refractivity contribution in [1.82, 2.24) is 9.62 Å². The normalized spacial score (nSPS) is 18.4. The first-order valence-corrected chi connectivity index (χ1v) is 8.88. The Balaban J connectivity index is 2.05. The second-order valence-corrected chi connectivity index (χ2v) is 7.75. The van der Waals surface area contributed by atoms with Crippen molar-refractivity contribution in [2.75, 3.05) is 20.1 Å². The summed E-state index contributed by atoms with van der Waals surface area (Å²) < 4.78 is 26.3. The van der Waals surface area contributed by atoms with Crippen LogP contribution in [-0.4, -0.2) is 38.9 Å². The van der Waals surface area contributed by atoms with Crippen molar-refractivity contribution in [3.63, 3.8) is 0 Å². The van der Waals surface area contributed by atoms with Crippen molar-refractivity contribution in [3.8, 4) is 0 Å². The molecule has 112 valence electrons. The third kappa shape index (κ3) is 3.86. The quantitative estimate of drug-likeness (QED) is 0.918. The van der Waals surface area contributed by atoms with Gasteiger partial charge < -0.3 is 5.32 Å². The van der Waals surface area contributed by atoms with Gasteiger partial charge in [-0.3, -0.25) is 0 Å². The molecule has 1 heterocycles. The molecule has 0 saturated carbocycles. The van der Waals surface area contributed by atoms with Crippen LogP contribution in [-0.2, 0) is 15.8 Å². The van der Waals surface area contributed by atoms with Crippen LogP contribution in [0.15, 0.2) is 18.2 Å². The molecule has 1 aromatic rings. The Kier molecular flexibility index (Phi) is 5.31. The van der Waals surface area contributed by atoms with Crippen LogP contribution in [0, 0.1) is 0 Å². The molecule has 0 aromatic heterocycles. The molecule has 1 aliphatic rings. The highest BCUT2D eigenvalue weighted by Gasteiger charge is 2.27. The van der Waals surface area contributed by atoms with Crippen LogP contribution in [0.5, 0.6) is 0 Å². The summed E-state index contributed by atoms with van der Waals surface area (Å²) in [6.07, 6.45) is 1.69. The lowest BCUT2D eigenvalue weighted by Crippen LogP contribution is -2.44. The van der Waals surface area contributed by atoms with Gasteiger partial charge >= 0.3 is 0 Å². The van der Waals surface area contributed by atoms with Crippen molar-refractivity contribution < 1.29 is 8.42 Å². The molecule has 1 saturated heterocycles. The van der Waals surface area contributed by atoms with Gasteiger partial charge in [0.2, 0.25) is 10.0 Å². The highest BCUT2D eigenvalue weighted by molar-refractivity contribution is 7.88. The van der Waals surface area contributed by atoms with Crippen LogP contribution in [0.2, 0.25) is 10.0 Å². The lowest BCUT2D eigenvalue weighted by Gasteiger charge is -2.31. The lowest BCUT2D eigenvalue weighted by atomic mass is 10.1. The maximum atomic E-state index is 12.4. The SMILES string of the molecule is CNC1CCN(S(=O)(=O)Cc2ccc(Cl)c(Cl)c2)CC1. The standard InChI is InChI=1S/C13H18Cl2N2O2S/c1-16-11-4-6-17(7-5-11)20(18,19)9-10-2-3-12(14)13(15)8-10/h2-3,8,11,16H,4-7,9H2,1H3. The van der Waals surface area contributed by atoms with E-state index in [2.05, 4.69) is 5.32 Å². The van der Waals surface area contributed by atoms with E-state index in [4.69, 9.17) is 23.2 Å². The van der Waals surface area contributed by atoms with Crippen molar-refractivity contribution in [3.05, 3.63) is 33.8 Å². The van der Waals surface area contributed by atoms with Gasteiger partial charge in [-0.05, 0) is 37.6 Å². The summed E-state index contributed by atoms with van der Waals surface area (Å²) in [7, 11) is -1.39. The van der Waals surface area contributed by atoms with E-state index in [1.54, 1.807) is 22.5 Å². The van der Waals surface area contributed by atoms with Gasteiger partial charge in [0.1, 0.15) is 0 Å². The minimum absolute atomic E-state index is 0.0336. The summed E-state index contributed by atoms with van der Waals surface area (Å²) >= 11 is 11.8. The van der Waals surface area contributed by atoms with E-state index in [9.17, 15) is 8.42 Å². The van der Waals surface area contributed by atoms with E-state index in [0.29, 0.717) is 34.7 Å². The maximum Gasteiger partial charge on any atom is 0.218 e. The number of piperidine rings is 1. The highest BCUT2D eigenvalue weighted by atomic mass is 35.5. The number of hydrogen-bond acceptors (Lipinski definition) is 3. The molecular weight excluding hydrogens is 319 g/mol. The first-order chi connectivity index (χ1) is 9.42. The van der Waals surface area contributed by atoms with Crippen LogP contribution in [0.25, 0.3) is 0 Å². The zero-order chi connectivity index (χ0) is 14.8. The van der Waals surface area contributed by atoms with Gasteiger partial charge in [-0.1, -0.05) is 29.3 Å². The van der Waals surface area contributed by atoms with E-state index in [1.165, 1.54) is 0 Å². The van der Waals surface area contributed by atoms with Crippen LogP contribution < -0.4 is 5.32 Å². The molecule has 0 amide bonds. The highest BCUT2D eigenvalue weighted by Crippen LogP contribution is 2.24. The topological polar surface area (TPSA) is 49.4 Å². The molecule has 0 radical (unpaired) electrons. The molecular formula is C13H18Cl2N2O2S. The molecule has 1 N–H and O–H groups in total. The second kappa shape index (κ2) is 6.62. The fraction of sp³-hybridized carbons (Fsp3) is 0.538. The van der Waals surface area contributed by atoms with E-state index in [0.717, 1.165) is 12.8 Å². The number of rotatable bonds is 4. The minimum Gasteiger partial charge on any atom is -0.317 e. The Morgan fingerprint density at radius 1 is 1.25 bits per heavy atom. The predicted molar refractivity (Wildman–Crippen MR) is 82.7 cm³/mol. The predicted octanol–water partition coefficient (Wildman–Crippen LogP) is 2.51. The van der Waals surface area contributed by atoms with Crippen molar-refractivity contribution >= 4 is 33.2 Å². The number of nitrogens with one attached hydrogen (secondary N) is 1. The van der Waals surface area contributed by atoms with Crippen molar-refractivity contribution in [2.24, 2.45) is 0 Å². The Morgan fingerprint density at radius 3 is 2.45 bits per heavy atom. The first-order valence-electron chi connectivity index (χ1n) is 6.51. The minimum atomic E-state index is -3.29. The second-order valence-electron chi connectivity index (χ2n) is 4.97. The monoisotopic (exact) mass is 336 g/mol. The first kappa shape index (κ1) is 16.0. The van der Waals surface area contributed by atoms with E-state index < -0.39 is 10.0 Å². The molecule has 1 fully saturated rings. The number of halogens is 2. The molecule has 20 heavy (non-hydrogen) atoms. The van der Waals surface area contributed by atoms with E-state index in [-0.39, 0.29) is 5.75 Å². The Morgan fingerprint density at radius 2 is 1.90 bits per heavy atom. The van der Waals surface area contributed by atoms with Crippen LogP contribution in [0.1, 0.15) is 18.4 Å². The largest absolute Gasteiger partial charge is 0.317 e. The lowest BCUT2D eigenvalue weighted by molar-refractivity contribution is 0.298. The van der Waals surface area contributed by atoms with Gasteiger partial charge in [0.25, 0.3) is 0 Å². The van der Waals surface area contributed by atoms with E-state index >= 15 is 0 Å². The average molecular weight is 337 g/mol. The van der Waals surface area contributed by atoms with Gasteiger partial charge in [0.05, 0.1) is 15.8 Å². The Bertz CT molecular complexity index is 570. The molecule has 1 aromatic carbocycles. The fourth-order valence-electron chi connectivity index (χ4n) is 2.35. The zero-order valence-electron chi connectivity index (χ0n) is 11.3. The molecule has 0 unspecified atom stereocenters. The Labute approximate surface area is 130 Å². The van der Waals surface area contributed by atoms with Crippen LogP contribution >= 0.6 is 23.2 Å². The van der Waals surface area contributed by atoms with Crippen molar-refractivity contribution in [2.45, 2.75) is 24.6 Å². The fourth-order valence-corrected chi connectivity index (χ4v) is 4.23. The van der Waals surface area contributed by atoms with Gasteiger partial charge in [0, 0.05) is 19.1 Å². The molecule has 0 spiro atoms. The van der Waals surface area contributed by atoms with E-state index in [1.807, 2.05) is 7.05 Å². The smallest absolute Gasteiger partial charge is 0.218 e. The molecule has 1 aliphatic heterocycles. The van der Waals surface area contributed by atoms with Crippen molar-refractivity contribution in [1.29, 1.82) is 0 Å². The number of benzene rings is 1. The van der Waals surface area contributed by atoms with Crippen LogP contribution in [0.4, 0.5) is 0 Å². The van der Waals surface area contributed by atoms with Gasteiger partial charge in [-0.2, -0.15) is 0 Å². The average Bonchev–Trinajstić information content (AvgIpc) is 2.43. The molecule has 0 bridgehead atoms. The maximum absolute atomic E-state index is 12.4. The molecule has 0 aliphatic carbocycles. The number of hydrogen-bond donors (Lipinski definition) is 1. The molecule has 2 rings (SSSR count). The summed E-state index contributed by atoms with van der Waals surface area (Å²) in [4.78, 5) is 0. The Hall–Kier alpha value is -0.330. The van der Waals surface area contributed by atoms with Gasteiger partial charge in [0.15, 0.2) is 0 Å². The molecule has 0 atom stereocenters. The van der Waals surface area contributed by atoms with Gasteiger partial charge in [-0.25, -0.2) is 12.7 Å². The zero-order valence-corrected chi connectivity index (χ0v) is 13.6. The summed E-state index contributed by atoms with van der Waals surface area (Å²) in [6, 6.07) is 5.35. The van der Waals surface area contributed by atoms with Gasteiger partial charge in [-0.15, -0.1) is 0 Å². The summed E-state index contributed by atoms with van der Waals surface area (Å²) in [5.41, 5.74) is 0.662. The summed E-state index contributed by atoms with van der Waals surface area (Å²) in [5.74, 6) is -0.0336. The molecule has 7 heteroatoms. The number of nitrogens with zero attached hydrogens (tertiary/aromatic N) is 1. The summed E-state index contributed by atoms with van der Waals surface area (Å²) in [5, 5.41) is 4.00. The third-order valence-corrected chi connectivity index (χ3v) is 6.18. The molecule has 4 nitrogen and oxygen atoms in total. The van der Waals surface area contributed by atoms with Crippen LogP contribution in [0.3, 0.4) is 0 Å².